The largest absolute Gasteiger partial charge is 0.478 e. The van der Waals surface area contributed by atoms with Crippen molar-refractivity contribution in [2.45, 2.75) is 30.3 Å². The third-order valence-electron chi connectivity index (χ3n) is 5.66. The third-order valence-corrected chi connectivity index (χ3v) is 8.28. The lowest BCUT2D eigenvalue weighted by molar-refractivity contribution is -0.133. The summed E-state index contributed by atoms with van der Waals surface area (Å²) in [5.41, 5.74) is 2.19. The molecule has 3 aromatic rings. The van der Waals surface area contributed by atoms with Crippen molar-refractivity contribution >= 4 is 43.5 Å². The molecular weight excluding hydrogens is 526 g/mol. The van der Waals surface area contributed by atoms with Crippen LogP contribution in [0.4, 0.5) is 0 Å². The summed E-state index contributed by atoms with van der Waals surface area (Å²) < 4.78 is 30.2. The van der Waals surface area contributed by atoms with Crippen molar-refractivity contribution in [3.63, 3.8) is 0 Å². The molecule has 1 aliphatic rings. The van der Waals surface area contributed by atoms with E-state index in [1.807, 2.05) is 19.1 Å². The number of benzene rings is 3. The second kappa shape index (κ2) is 9.43. The van der Waals surface area contributed by atoms with Crippen LogP contribution in [0.1, 0.15) is 35.2 Å². The van der Waals surface area contributed by atoms with Gasteiger partial charge in [0.25, 0.3) is 0 Å². The summed E-state index contributed by atoms with van der Waals surface area (Å²) in [6.45, 7) is 1.88. The number of carboxylic acids is 1. The lowest BCUT2D eigenvalue weighted by Gasteiger charge is -2.40. The molecule has 3 aromatic carbocycles. The van der Waals surface area contributed by atoms with Crippen molar-refractivity contribution in [3.8, 4) is 0 Å². The van der Waals surface area contributed by atoms with Crippen molar-refractivity contribution in [1.29, 1.82) is 0 Å². The van der Waals surface area contributed by atoms with Gasteiger partial charge in [-0.2, -0.15) is 4.31 Å². The number of rotatable bonds is 5. The predicted octanol–water partition coefficient (Wildman–Crippen LogP) is 6.30. The van der Waals surface area contributed by atoms with E-state index in [-0.39, 0.29) is 16.9 Å². The zero-order chi connectivity index (χ0) is 23.8. The predicted molar refractivity (Wildman–Crippen MR) is 132 cm³/mol. The Kier molecular flexibility index (Phi) is 6.77. The van der Waals surface area contributed by atoms with E-state index in [2.05, 4.69) is 15.9 Å². The zero-order valence-corrected chi connectivity index (χ0v) is 20.8. The van der Waals surface area contributed by atoms with Crippen LogP contribution in [-0.2, 0) is 14.8 Å². The maximum atomic E-state index is 14.1. The summed E-state index contributed by atoms with van der Waals surface area (Å²) in [5, 5.41) is 10.5. The quantitative estimate of drug-likeness (QED) is 0.408. The third kappa shape index (κ3) is 4.77. The Balaban J connectivity index is 1.98. The molecule has 0 radical (unpaired) electrons. The second-order valence-corrected chi connectivity index (χ2v) is 11.1. The molecule has 0 saturated heterocycles. The highest BCUT2D eigenvalue weighted by Gasteiger charge is 2.44. The zero-order valence-electron chi connectivity index (χ0n) is 17.7. The van der Waals surface area contributed by atoms with Gasteiger partial charge in [0.05, 0.1) is 22.6 Å². The van der Waals surface area contributed by atoms with Gasteiger partial charge in [-0.25, -0.2) is 13.2 Å². The number of hydrogen-bond acceptors (Lipinski definition) is 3. The van der Waals surface area contributed by atoms with Gasteiger partial charge in [0.2, 0.25) is 10.0 Å². The molecule has 0 aromatic heterocycles. The van der Waals surface area contributed by atoms with Crippen LogP contribution in [0.5, 0.6) is 0 Å². The maximum absolute atomic E-state index is 14.1. The summed E-state index contributed by atoms with van der Waals surface area (Å²) in [7, 11) is -4.09. The molecule has 0 fully saturated rings. The van der Waals surface area contributed by atoms with E-state index in [1.54, 1.807) is 66.7 Å². The van der Waals surface area contributed by atoms with Crippen molar-refractivity contribution in [3.05, 3.63) is 111 Å². The lowest BCUT2D eigenvalue weighted by Crippen LogP contribution is -2.42. The van der Waals surface area contributed by atoms with Crippen LogP contribution in [0.25, 0.3) is 0 Å². The van der Waals surface area contributed by atoms with Crippen LogP contribution < -0.4 is 0 Å². The standard InChI is InChI=1S/C25H21BrClNO4S/c1-16-8-10-21(11-9-16)33(31,32)28-23(17-4-3-7-20(27)15-17)13-12-22(25(29)30)24(28)18-5-2-6-19(26)14-18/h2-12,14-15,23-24H,13H2,1H3,(H,29,30)/t23-,24-/m0/s1. The molecule has 0 aliphatic carbocycles. The minimum atomic E-state index is -4.09. The number of nitrogens with zero attached hydrogens (tertiary/aromatic N) is 1. The molecule has 170 valence electrons. The Labute approximate surface area is 206 Å². The van der Waals surface area contributed by atoms with Crippen LogP contribution in [-0.4, -0.2) is 23.8 Å². The molecule has 0 spiro atoms. The van der Waals surface area contributed by atoms with Crippen LogP contribution in [0, 0.1) is 6.92 Å². The van der Waals surface area contributed by atoms with Gasteiger partial charge in [0.1, 0.15) is 0 Å². The van der Waals surface area contributed by atoms with Crippen molar-refractivity contribution in [2.24, 2.45) is 0 Å². The first-order valence-corrected chi connectivity index (χ1v) is 12.8. The highest BCUT2D eigenvalue weighted by Crippen LogP contribution is 2.46. The Bertz CT molecular complexity index is 1340. The summed E-state index contributed by atoms with van der Waals surface area (Å²) in [5.74, 6) is -1.16. The highest BCUT2D eigenvalue weighted by atomic mass is 79.9. The molecule has 0 amide bonds. The number of aliphatic carboxylic acids is 1. The molecule has 5 nitrogen and oxygen atoms in total. The van der Waals surface area contributed by atoms with Crippen molar-refractivity contribution in [1.82, 2.24) is 4.31 Å². The summed E-state index contributed by atoms with van der Waals surface area (Å²) >= 11 is 9.66. The van der Waals surface area contributed by atoms with Crippen LogP contribution in [0.3, 0.4) is 0 Å². The van der Waals surface area contributed by atoms with Gasteiger partial charge >= 0.3 is 5.97 Å². The number of carboxylic acid groups (broad SMARTS) is 1. The molecule has 4 rings (SSSR count). The van der Waals surface area contributed by atoms with Gasteiger partial charge in [0.15, 0.2) is 0 Å². The normalized spacial score (nSPS) is 19.2. The van der Waals surface area contributed by atoms with Crippen LogP contribution >= 0.6 is 27.5 Å². The fraction of sp³-hybridized carbons (Fsp3) is 0.160. The number of aryl methyl sites for hydroxylation is 1. The maximum Gasteiger partial charge on any atom is 0.333 e. The Morgan fingerprint density at radius 1 is 1.03 bits per heavy atom. The summed E-state index contributed by atoms with van der Waals surface area (Å²) in [6.07, 6.45) is 1.82. The van der Waals surface area contributed by atoms with Gasteiger partial charge in [-0.05, 0) is 60.9 Å². The first kappa shape index (κ1) is 23.7. The lowest BCUT2D eigenvalue weighted by atomic mass is 9.89. The van der Waals surface area contributed by atoms with E-state index in [1.165, 1.54) is 4.31 Å². The monoisotopic (exact) mass is 545 g/mol. The van der Waals surface area contributed by atoms with Gasteiger partial charge in [-0.15, -0.1) is 0 Å². The molecule has 8 heteroatoms. The molecule has 2 atom stereocenters. The van der Waals surface area contributed by atoms with Crippen LogP contribution in [0.2, 0.25) is 5.02 Å². The van der Waals surface area contributed by atoms with E-state index >= 15 is 0 Å². The minimum absolute atomic E-state index is 0.0158. The van der Waals surface area contributed by atoms with Gasteiger partial charge < -0.3 is 5.11 Å². The summed E-state index contributed by atoms with van der Waals surface area (Å²) in [4.78, 5) is 12.4. The average Bonchev–Trinajstić information content (AvgIpc) is 2.78. The Morgan fingerprint density at radius 3 is 2.33 bits per heavy atom. The number of halogens is 2. The fourth-order valence-corrected chi connectivity index (χ4v) is 6.51. The van der Waals surface area contributed by atoms with Gasteiger partial charge in [-0.1, -0.05) is 75.6 Å². The van der Waals surface area contributed by atoms with E-state index < -0.39 is 28.1 Å². The highest BCUT2D eigenvalue weighted by molar-refractivity contribution is 9.10. The molecule has 33 heavy (non-hydrogen) atoms. The topological polar surface area (TPSA) is 74.7 Å². The molecule has 0 unspecified atom stereocenters. The Morgan fingerprint density at radius 2 is 1.70 bits per heavy atom. The van der Waals surface area contributed by atoms with E-state index in [9.17, 15) is 18.3 Å². The van der Waals surface area contributed by atoms with Crippen molar-refractivity contribution < 1.29 is 18.3 Å². The molecule has 1 heterocycles. The summed E-state index contributed by atoms with van der Waals surface area (Å²) in [6, 6.07) is 19.0. The van der Waals surface area contributed by atoms with E-state index in [0.29, 0.717) is 16.1 Å². The number of carbonyl (C=O) groups is 1. The number of sulfonamides is 1. The van der Waals surface area contributed by atoms with Crippen LogP contribution in [0.15, 0.2) is 93.8 Å². The second-order valence-electron chi connectivity index (χ2n) is 7.88. The van der Waals surface area contributed by atoms with Crippen molar-refractivity contribution in [2.75, 3.05) is 0 Å². The van der Waals surface area contributed by atoms with Gasteiger partial charge in [-0.3, -0.25) is 0 Å². The van der Waals surface area contributed by atoms with E-state index in [0.717, 1.165) is 10.0 Å². The first-order valence-electron chi connectivity index (χ1n) is 10.2. The van der Waals surface area contributed by atoms with Gasteiger partial charge in [0, 0.05) is 9.50 Å². The first-order chi connectivity index (χ1) is 15.7. The SMILES string of the molecule is Cc1ccc(S(=O)(=O)N2[C@@H](c3cccc(Br)c3)C(C(=O)O)=CC[C@H]2c2cccc(Cl)c2)cc1. The molecule has 1 aliphatic heterocycles. The fourth-order valence-electron chi connectivity index (χ4n) is 4.11. The smallest absolute Gasteiger partial charge is 0.333 e. The molecule has 0 saturated carbocycles. The average molecular weight is 547 g/mol. The minimum Gasteiger partial charge on any atom is -0.478 e. The Hall–Kier alpha value is -2.45. The molecular formula is C25H21BrClNO4S. The number of hydrogen-bond donors (Lipinski definition) is 1. The van der Waals surface area contributed by atoms with E-state index in [4.69, 9.17) is 11.6 Å². The molecule has 1 N–H and O–H groups in total. The molecule has 0 bridgehead atoms.